The van der Waals surface area contributed by atoms with Crippen molar-refractivity contribution in [3.63, 3.8) is 0 Å². The number of aromatic nitrogens is 2. The Labute approximate surface area is 337 Å². The highest BCUT2D eigenvalue weighted by molar-refractivity contribution is 6.32. The maximum absolute atomic E-state index is 9.83. The summed E-state index contributed by atoms with van der Waals surface area (Å²) in [5.74, 6) is 1.77. The van der Waals surface area contributed by atoms with Gasteiger partial charge in [-0.25, -0.2) is 9.69 Å². The summed E-state index contributed by atoms with van der Waals surface area (Å²) < 4.78 is 10.4. The highest BCUT2D eigenvalue weighted by Crippen LogP contribution is 2.46. The van der Waals surface area contributed by atoms with Gasteiger partial charge in [0, 0.05) is 67.3 Å². The predicted molar refractivity (Wildman–Crippen MR) is 228 cm³/mol. The quantitative estimate of drug-likeness (QED) is 0.105. The molecule has 0 aliphatic heterocycles. The van der Waals surface area contributed by atoms with E-state index < -0.39 is 0 Å². The molecular formula is C44H43Cl2N7O3. The van der Waals surface area contributed by atoms with E-state index in [2.05, 4.69) is 37.2 Å². The van der Waals surface area contributed by atoms with E-state index in [1.807, 2.05) is 85.9 Å². The van der Waals surface area contributed by atoms with Crippen molar-refractivity contribution >= 4 is 73.4 Å². The van der Waals surface area contributed by atoms with Crippen LogP contribution in [0.5, 0.6) is 11.5 Å². The number of hydrogen-bond donors (Lipinski definition) is 3. The first-order valence-corrected chi connectivity index (χ1v) is 18.9. The van der Waals surface area contributed by atoms with Crippen LogP contribution in [0, 0.1) is 13.1 Å². The minimum atomic E-state index is -0.129. The van der Waals surface area contributed by atoms with E-state index in [0.717, 1.165) is 80.4 Å². The molecule has 1 aliphatic carbocycles. The molecule has 56 heavy (non-hydrogen) atoms. The molecule has 10 nitrogen and oxygen atoms in total. The number of nitrogens with one attached hydrogen (secondary N) is 2. The number of hydrogen-bond acceptors (Lipinski definition) is 8. The zero-order valence-electron chi connectivity index (χ0n) is 32.0. The van der Waals surface area contributed by atoms with Crippen LogP contribution in [-0.2, 0) is 26.1 Å². The summed E-state index contributed by atoms with van der Waals surface area (Å²) in [6.07, 6.45) is 6.74. The lowest BCUT2D eigenvalue weighted by molar-refractivity contribution is 0.282. The molecule has 1 fully saturated rings. The fraction of sp³-hybridized carbons (Fsp3) is 0.273. The van der Waals surface area contributed by atoms with Crippen LogP contribution in [0.1, 0.15) is 53.5 Å². The van der Waals surface area contributed by atoms with Crippen LogP contribution >= 0.6 is 23.2 Å². The maximum atomic E-state index is 9.83. The highest BCUT2D eigenvalue weighted by Gasteiger charge is 2.27. The molecule has 1 aliphatic rings. The van der Waals surface area contributed by atoms with Crippen molar-refractivity contribution in [1.29, 1.82) is 0 Å². The van der Waals surface area contributed by atoms with Crippen molar-refractivity contribution in [2.24, 2.45) is 0 Å². The zero-order chi connectivity index (χ0) is 39.9. The van der Waals surface area contributed by atoms with Crippen LogP contribution < -0.4 is 25.0 Å². The Morgan fingerprint density at radius 2 is 1.29 bits per heavy atom. The molecule has 3 N–H and O–H groups in total. The second kappa shape index (κ2) is 17.8. The van der Waals surface area contributed by atoms with Crippen LogP contribution in [0.4, 0.5) is 28.4 Å². The summed E-state index contributed by atoms with van der Waals surface area (Å²) in [6.45, 7) is 18.0. The van der Waals surface area contributed by atoms with Crippen molar-refractivity contribution < 1.29 is 14.6 Å². The Morgan fingerprint density at radius 1 is 0.768 bits per heavy atom. The molecule has 0 amide bonds. The zero-order valence-corrected chi connectivity index (χ0v) is 33.5. The van der Waals surface area contributed by atoms with Crippen LogP contribution in [0.2, 0.25) is 10.0 Å². The lowest BCUT2D eigenvalue weighted by Gasteiger charge is -2.19. The number of anilines is 3. The summed E-state index contributed by atoms with van der Waals surface area (Å²) >= 11 is 12.5. The van der Waals surface area contributed by atoms with E-state index in [9.17, 15) is 5.11 Å². The fourth-order valence-corrected chi connectivity index (χ4v) is 7.23. The minimum absolute atomic E-state index is 0.129. The van der Waals surface area contributed by atoms with E-state index >= 15 is 0 Å². The van der Waals surface area contributed by atoms with Gasteiger partial charge in [-0.15, -0.1) is 0 Å². The van der Waals surface area contributed by atoms with Gasteiger partial charge in [-0.3, -0.25) is 9.97 Å². The molecule has 0 atom stereocenters. The maximum Gasteiger partial charge on any atom is 0.190 e. The Hall–Kier alpha value is -5.78. The van der Waals surface area contributed by atoms with Gasteiger partial charge in [-0.1, -0.05) is 48.3 Å². The molecule has 12 heteroatoms. The molecule has 2 aromatic heterocycles. The van der Waals surface area contributed by atoms with Crippen LogP contribution in [0.3, 0.4) is 0 Å². The van der Waals surface area contributed by atoms with Crippen LogP contribution in [0.25, 0.3) is 31.5 Å². The van der Waals surface area contributed by atoms with Gasteiger partial charge < -0.3 is 30.1 Å². The largest absolute Gasteiger partial charge is 0.495 e. The van der Waals surface area contributed by atoms with Gasteiger partial charge in [0.2, 0.25) is 0 Å². The van der Waals surface area contributed by atoms with Gasteiger partial charge in [-0.2, -0.15) is 0 Å². The van der Waals surface area contributed by atoms with E-state index in [1.165, 1.54) is 0 Å². The molecule has 0 saturated heterocycles. The molecule has 6 aromatic rings. The smallest absolute Gasteiger partial charge is 0.190 e. The number of halogens is 2. The molecular weight excluding hydrogens is 745 g/mol. The lowest BCUT2D eigenvalue weighted by atomic mass is 10.0. The number of aliphatic hydroxyl groups is 1. The number of ether oxygens (including phenoxy) is 2. The molecule has 1 saturated carbocycles. The molecule has 0 radical (unpaired) electrons. The van der Waals surface area contributed by atoms with Gasteiger partial charge in [0.25, 0.3) is 0 Å². The monoisotopic (exact) mass is 787 g/mol. The van der Waals surface area contributed by atoms with Crippen molar-refractivity contribution in [2.75, 3.05) is 43.8 Å². The number of aryl methyl sites for hydroxylation is 1. The van der Waals surface area contributed by atoms with Gasteiger partial charge in [0.1, 0.15) is 11.5 Å². The molecule has 0 bridgehead atoms. The van der Waals surface area contributed by atoms with Crippen LogP contribution in [-0.4, -0.2) is 43.4 Å². The third-order valence-electron chi connectivity index (χ3n) is 9.76. The SMILES string of the molecule is [C-]#[N+]c1cc(C2CC2)c2ncc(CO)c(NCc3ccc(OC)c(Cl)c3)c2c1.[C-]#[N+]c1cc(N(C)C)c2ncc(CC)c(NCc3ccc(OC)c(Cl)c3)c2c1. The summed E-state index contributed by atoms with van der Waals surface area (Å²) in [6, 6.07) is 19.0. The van der Waals surface area contributed by atoms with Crippen molar-refractivity contribution in [3.8, 4) is 11.5 Å². The molecule has 7 rings (SSSR count). The predicted octanol–water partition coefficient (Wildman–Crippen LogP) is 11.1. The second-order valence-corrected chi connectivity index (χ2v) is 14.5. The van der Waals surface area contributed by atoms with E-state index in [0.29, 0.717) is 57.5 Å². The lowest BCUT2D eigenvalue weighted by Crippen LogP contribution is -2.10. The molecule has 0 spiro atoms. The Morgan fingerprint density at radius 3 is 1.77 bits per heavy atom. The standard InChI is InChI=1S/C22H23ClN4O.C22H20ClN3O2/c1-6-15-13-26-22-17(10-16(24-2)11-19(22)27(3)4)21(15)25-12-14-7-8-20(28-5)18(23)9-14;1-24-16-8-17(14-4-5-14)22-18(9-16)21(15(12-27)11-26-22)25-10-13-3-6-20(28-2)19(23)7-13/h7-11,13H,6,12H2,1,3-5H3,(H,25,26);3,6-9,11,14,27H,4-5,10,12H2,2H3,(H,25,26). The van der Waals surface area contributed by atoms with Crippen molar-refractivity contribution in [2.45, 2.75) is 51.8 Å². The normalized spacial score (nSPS) is 12.0. The third-order valence-corrected chi connectivity index (χ3v) is 10.3. The molecule has 4 aromatic carbocycles. The number of pyridine rings is 2. The average molecular weight is 789 g/mol. The number of benzene rings is 4. The minimum Gasteiger partial charge on any atom is -0.495 e. The first-order chi connectivity index (χ1) is 27.1. The van der Waals surface area contributed by atoms with Gasteiger partial charge in [-0.05, 0) is 89.9 Å². The summed E-state index contributed by atoms with van der Waals surface area (Å²) in [5.41, 5.74) is 10.7. The first kappa shape index (κ1) is 39.9. The van der Waals surface area contributed by atoms with E-state index in [4.69, 9.17) is 45.8 Å². The third kappa shape index (κ3) is 8.69. The Bertz CT molecular complexity index is 2320. The number of rotatable bonds is 12. The molecule has 2 heterocycles. The second-order valence-electron chi connectivity index (χ2n) is 13.7. The van der Waals surface area contributed by atoms with Crippen molar-refractivity contribution in [1.82, 2.24) is 9.97 Å². The van der Waals surface area contributed by atoms with Crippen molar-refractivity contribution in [3.05, 3.63) is 134 Å². The Balaban J connectivity index is 0.000000190. The summed E-state index contributed by atoms with van der Waals surface area (Å²) in [7, 11) is 7.12. The number of aliphatic hydroxyl groups excluding tert-OH is 1. The Kier molecular flexibility index (Phi) is 12.7. The topological polar surface area (TPSA) is 100 Å². The van der Waals surface area contributed by atoms with E-state index in [-0.39, 0.29) is 6.61 Å². The van der Waals surface area contributed by atoms with Gasteiger partial charge in [0.05, 0.1) is 60.7 Å². The number of methoxy groups -OCH3 is 2. The van der Waals surface area contributed by atoms with Crippen LogP contribution in [0.15, 0.2) is 73.1 Å². The van der Waals surface area contributed by atoms with Gasteiger partial charge in [0.15, 0.2) is 11.4 Å². The summed E-state index contributed by atoms with van der Waals surface area (Å²) in [4.78, 5) is 18.6. The average Bonchev–Trinajstić information content (AvgIpc) is 4.07. The molecule has 0 unspecified atom stereocenters. The number of fused-ring (bicyclic) bond motifs is 2. The van der Waals surface area contributed by atoms with E-state index in [1.54, 1.807) is 20.4 Å². The first-order valence-electron chi connectivity index (χ1n) is 18.2. The number of nitrogens with zero attached hydrogens (tertiary/aromatic N) is 5. The molecule has 286 valence electrons. The fourth-order valence-electron chi connectivity index (χ4n) is 6.67. The van der Waals surface area contributed by atoms with Gasteiger partial charge >= 0.3 is 0 Å². The summed E-state index contributed by atoms with van der Waals surface area (Å²) in [5, 5.41) is 19.8. The highest BCUT2D eigenvalue weighted by atomic mass is 35.5.